The highest BCUT2D eigenvalue weighted by Gasteiger charge is 2.32. The molecule has 11 N–H and O–H groups in total. The van der Waals surface area contributed by atoms with Gasteiger partial charge in [-0.15, -0.1) is 0 Å². The van der Waals surface area contributed by atoms with Crippen LogP contribution in [-0.4, -0.2) is 86.9 Å². The van der Waals surface area contributed by atoms with Crippen LogP contribution in [0.5, 0.6) is 5.75 Å². The highest BCUT2D eigenvalue weighted by atomic mass is 16.4. The first-order chi connectivity index (χ1) is 16.3. The average Bonchev–Trinajstić information content (AvgIpc) is 2.79. The summed E-state index contributed by atoms with van der Waals surface area (Å²) in [5.74, 6) is -5.00. The minimum Gasteiger partial charge on any atom is -0.508 e. The van der Waals surface area contributed by atoms with Gasteiger partial charge >= 0.3 is 5.97 Å². The summed E-state index contributed by atoms with van der Waals surface area (Å²) in [6, 6.07) is -0.0769. The van der Waals surface area contributed by atoms with Gasteiger partial charge in [-0.25, -0.2) is 4.79 Å². The lowest BCUT2D eigenvalue weighted by molar-refractivity contribution is -0.144. The summed E-state index contributed by atoms with van der Waals surface area (Å²) in [4.78, 5) is 60.0. The van der Waals surface area contributed by atoms with Crippen molar-refractivity contribution < 1.29 is 44.4 Å². The number of phenolic OH excluding ortho intramolecular Hbond substituents is 1. The SMILES string of the molecule is CC(O)C(NC(=O)C(Cc1ccc(O)cc1)NC(=O)C(N)CCC(N)=O)C(=O)NC(CO)C(=O)O. The van der Waals surface area contributed by atoms with E-state index in [4.69, 9.17) is 21.7 Å². The summed E-state index contributed by atoms with van der Waals surface area (Å²) < 4.78 is 0. The molecule has 0 aliphatic carbocycles. The number of aliphatic carboxylic acids is 1. The molecule has 0 bridgehead atoms. The zero-order valence-electron chi connectivity index (χ0n) is 19.0. The summed E-state index contributed by atoms with van der Waals surface area (Å²) in [6.07, 6.45) is -1.83. The predicted octanol–water partition coefficient (Wildman–Crippen LogP) is -3.56. The Morgan fingerprint density at radius 1 is 0.943 bits per heavy atom. The molecule has 0 saturated carbocycles. The number of nitrogens with two attached hydrogens (primary N) is 2. The maximum Gasteiger partial charge on any atom is 0.328 e. The Hall–Kier alpha value is -3.75. The van der Waals surface area contributed by atoms with E-state index in [0.29, 0.717) is 5.56 Å². The standard InChI is InChI=1S/C21H31N5O9/c1-10(28)17(20(33)25-15(9-27)21(34)35)26-19(32)14(8-11-2-4-12(29)5-3-11)24-18(31)13(22)6-7-16(23)30/h2-5,10,13-15,17,27-29H,6-9,22H2,1H3,(H2,23,30)(H,24,31)(H,25,33)(H,26,32)(H,34,35). The zero-order valence-corrected chi connectivity index (χ0v) is 19.0. The number of nitrogens with one attached hydrogen (secondary N) is 3. The number of carbonyl (C=O) groups is 5. The van der Waals surface area contributed by atoms with Crippen LogP contribution in [0.4, 0.5) is 0 Å². The fourth-order valence-corrected chi connectivity index (χ4v) is 2.89. The topological polar surface area (TPSA) is 254 Å². The first kappa shape index (κ1) is 29.3. The summed E-state index contributed by atoms with van der Waals surface area (Å²) in [7, 11) is 0. The molecule has 5 unspecified atom stereocenters. The second kappa shape index (κ2) is 13.8. The van der Waals surface area contributed by atoms with Gasteiger partial charge in [-0.05, 0) is 31.0 Å². The van der Waals surface area contributed by atoms with Crippen molar-refractivity contribution in [3.63, 3.8) is 0 Å². The van der Waals surface area contributed by atoms with Crippen LogP contribution in [-0.2, 0) is 30.4 Å². The van der Waals surface area contributed by atoms with Crippen molar-refractivity contribution in [1.82, 2.24) is 16.0 Å². The Bertz CT molecular complexity index is 907. The molecule has 1 aromatic carbocycles. The molecule has 4 amide bonds. The first-order valence-corrected chi connectivity index (χ1v) is 10.6. The van der Waals surface area contributed by atoms with E-state index in [1.54, 1.807) is 0 Å². The highest BCUT2D eigenvalue weighted by molar-refractivity contribution is 5.94. The van der Waals surface area contributed by atoms with Gasteiger partial charge in [0.25, 0.3) is 0 Å². The third kappa shape index (κ3) is 9.95. The molecule has 0 aliphatic rings. The van der Waals surface area contributed by atoms with Gasteiger partial charge < -0.3 is 47.8 Å². The van der Waals surface area contributed by atoms with Crippen molar-refractivity contribution in [3.8, 4) is 5.75 Å². The summed E-state index contributed by atoms with van der Waals surface area (Å²) in [5, 5.41) is 44.2. The Kier molecular flexibility index (Phi) is 11.6. The molecule has 35 heavy (non-hydrogen) atoms. The second-order valence-electron chi connectivity index (χ2n) is 7.85. The van der Waals surface area contributed by atoms with Gasteiger partial charge in [0, 0.05) is 12.8 Å². The van der Waals surface area contributed by atoms with Gasteiger partial charge in [0.05, 0.1) is 18.8 Å². The van der Waals surface area contributed by atoms with E-state index in [0.717, 1.165) is 0 Å². The van der Waals surface area contributed by atoms with E-state index < -0.39 is 66.5 Å². The van der Waals surface area contributed by atoms with E-state index >= 15 is 0 Å². The number of aliphatic hydroxyl groups excluding tert-OH is 2. The number of benzene rings is 1. The van der Waals surface area contributed by atoms with E-state index in [9.17, 15) is 34.2 Å². The van der Waals surface area contributed by atoms with Crippen molar-refractivity contribution in [2.24, 2.45) is 11.5 Å². The van der Waals surface area contributed by atoms with Crippen molar-refractivity contribution in [1.29, 1.82) is 0 Å². The smallest absolute Gasteiger partial charge is 0.328 e. The van der Waals surface area contributed by atoms with Crippen LogP contribution in [0.2, 0.25) is 0 Å². The second-order valence-corrected chi connectivity index (χ2v) is 7.85. The fraction of sp³-hybridized carbons (Fsp3) is 0.476. The minimum atomic E-state index is -1.67. The summed E-state index contributed by atoms with van der Waals surface area (Å²) >= 11 is 0. The largest absolute Gasteiger partial charge is 0.508 e. The average molecular weight is 498 g/mol. The number of hydrogen-bond acceptors (Lipinski definition) is 9. The molecule has 5 atom stereocenters. The number of primary amides is 1. The molecule has 1 aromatic rings. The predicted molar refractivity (Wildman–Crippen MR) is 120 cm³/mol. The van der Waals surface area contributed by atoms with Crippen LogP contribution in [0.25, 0.3) is 0 Å². The lowest BCUT2D eigenvalue weighted by Gasteiger charge is -2.26. The van der Waals surface area contributed by atoms with Crippen molar-refractivity contribution in [2.75, 3.05) is 6.61 Å². The van der Waals surface area contributed by atoms with Crippen LogP contribution >= 0.6 is 0 Å². The lowest BCUT2D eigenvalue weighted by atomic mass is 10.0. The van der Waals surface area contributed by atoms with Gasteiger partial charge in [-0.3, -0.25) is 19.2 Å². The van der Waals surface area contributed by atoms with E-state index in [2.05, 4.69) is 10.6 Å². The molecule has 14 heteroatoms. The molecule has 0 saturated heterocycles. The van der Waals surface area contributed by atoms with Crippen LogP contribution in [0, 0.1) is 0 Å². The summed E-state index contributed by atoms with van der Waals surface area (Å²) in [6.45, 7) is 0.247. The number of carboxylic acids is 1. The number of hydrogen-bond donors (Lipinski definition) is 9. The molecule has 0 heterocycles. The minimum absolute atomic E-state index is 0.0324. The number of aliphatic hydroxyl groups is 2. The fourth-order valence-electron chi connectivity index (χ4n) is 2.89. The third-order valence-corrected chi connectivity index (χ3v) is 4.91. The van der Waals surface area contributed by atoms with Crippen molar-refractivity contribution in [2.45, 2.75) is 56.5 Å². The maximum absolute atomic E-state index is 13.0. The molecule has 0 radical (unpaired) electrons. The molecular weight excluding hydrogens is 466 g/mol. The number of aromatic hydroxyl groups is 1. The van der Waals surface area contributed by atoms with Gasteiger partial charge in [-0.2, -0.15) is 0 Å². The Morgan fingerprint density at radius 2 is 1.51 bits per heavy atom. The summed E-state index contributed by atoms with van der Waals surface area (Å²) in [5.41, 5.74) is 11.3. The van der Waals surface area contributed by atoms with Gasteiger partial charge in [0.15, 0.2) is 0 Å². The van der Waals surface area contributed by atoms with Crippen molar-refractivity contribution in [3.05, 3.63) is 29.8 Å². The van der Waals surface area contributed by atoms with E-state index in [-0.39, 0.29) is 25.0 Å². The molecule has 194 valence electrons. The van der Waals surface area contributed by atoms with E-state index in [1.807, 2.05) is 5.32 Å². The van der Waals surface area contributed by atoms with Gasteiger partial charge in [0.2, 0.25) is 23.6 Å². The maximum atomic E-state index is 13.0. The molecule has 0 aliphatic heterocycles. The highest BCUT2D eigenvalue weighted by Crippen LogP contribution is 2.12. The quantitative estimate of drug-likeness (QED) is 0.122. The molecule has 14 nitrogen and oxygen atoms in total. The van der Waals surface area contributed by atoms with Crippen LogP contribution in [0.1, 0.15) is 25.3 Å². The van der Waals surface area contributed by atoms with Crippen LogP contribution in [0.3, 0.4) is 0 Å². The molecule has 0 aromatic heterocycles. The van der Waals surface area contributed by atoms with E-state index in [1.165, 1.54) is 31.2 Å². The number of amides is 4. The number of rotatable bonds is 14. The Balaban J connectivity index is 3.07. The zero-order chi connectivity index (χ0) is 26.7. The number of carboxylic acid groups (broad SMARTS) is 1. The number of carbonyl (C=O) groups excluding carboxylic acids is 4. The lowest BCUT2D eigenvalue weighted by Crippen LogP contribution is -2.60. The Labute approximate surface area is 200 Å². The Morgan fingerprint density at radius 3 is 2.00 bits per heavy atom. The van der Waals surface area contributed by atoms with Crippen LogP contribution in [0.15, 0.2) is 24.3 Å². The molecule has 0 fully saturated rings. The first-order valence-electron chi connectivity index (χ1n) is 10.6. The molecule has 1 rings (SSSR count). The van der Waals surface area contributed by atoms with Gasteiger partial charge in [0.1, 0.15) is 23.9 Å². The molecular formula is C21H31N5O9. The molecule has 0 spiro atoms. The van der Waals surface area contributed by atoms with Crippen molar-refractivity contribution >= 4 is 29.6 Å². The number of phenols is 1. The van der Waals surface area contributed by atoms with Crippen LogP contribution < -0.4 is 27.4 Å². The normalized spacial score (nSPS) is 15.1. The monoisotopic (exact) mass is 497 g/mol. The third-order valence-electron chi connectivity index (χ3n) is 4.91. The van der Waals surface area contributed by atoms with Gasteiger partial charge in [-0.1, -0.05) is 12.1 Å².